The Morgan fingerprint density at radius 1 is 1.44 bits per heavy atom. The molecule has 0 aromatic carbocycles. The van der Waals surface area contributed by atoms with Gasteiger partial charge >= 0.3 is 0 Å². The molecule has 18 heavy (non-hydrogen) atoms. The number of nitrogens with two attached hydrogens (primary N) is 1. The average Bonchev–Trinajstić information content (AvgIpc) is 2.37. The highest BCUT2D eigenvalue weighted by atomic mass is 16.5. The van der Waals surface area contributed by atoms with Gasteiger partial charge in [-0.2, -0.15) is 0 Å². The summed E-state index contributed by atoms with van der Waals surface area (Å²) in [4.78, 5) is 14.1. The summed E-state index contributed by atoms with van der Waals surface area (Å²) in [6, 6.07) is 0.260. The van der Waals surface area contributed by atoms with Crippen molar-refractivity contribution in [3.8, 4) is 0 Å². The first-order valence-corrected chi connectivity index (χ1v) is 7.26. The van der Waals surface area contributed by atoms with Crippen LogP contribution in [0, 0.1) is 0 Å². The van der Waals surface area contributed by atoms with Crippen molar-refractivity contribution in [2.24, 2.45) is 5.73 Å². The molecule has 1 fully saturated rings. The molecule has 0 aliphatic carbocycles. The maximum absolute atomic E-state index is 12.2. The summed E-state index contributed by atoms with van der Waals surface area (Å²) < 4.78 is 5.66. The van der Waals surface area contributed by atoms with Gasteiger partial charge in [0.15, 0.2) is 0 Å². The van der Waals surface area contributed by atoms with Gasteiger partial charge < -0.3 is 15.4 Å². The van der Waals surface area contributed by atoms with Gasteiger partial charge in [0.25, 0.3) is 0 Å². The molecule has 1 heterocycles. The summed E-state index contributed by atoms with van der Waals surface area (Å²) in [5.41, 5.74) is 5.51. The van der Waals surface area contributed by atoms with Crippen LogP contribution in [0.3, 0.4) is 0 Å². The Hall–Kier alpha value is -0.610. The van der Waals surface area contributed by atoms with E-state index in [1.54, 1.807) is 0 Å². The summed E-state index contributed by atoms with van der Waals surface area (Å²) in [6.45, 7) is 6.40. The molecule has 1 aliphatic rings. The normalized spacial score (nSPS) is 20.1. The second-order valence-electron chi connectivity index (χ2n) is 5.35. The summed E-state index contributed by atoms with van der Waals surface area (Å²) in [5.74, 6) is 0.243. The molecule has 0 radical (unpaired) electrons. The number of amides is 1. The molecule has 106 valence electrons. The van der Waals surface area contributed by atoms with Crippen LogP contribution in [0.5, 0.6) is 0 Å². The zero-order valence-corrected chi connectivity index (χ0v) is 11.9. The maximum Gasteiger partial charge on any atom is 0.222 e. The summed E-state index contributed by atoms with van der Waals surface area (Å²) in [7, 11) is 0. The minimum absolute atomic E-state index is 0.243. The third kappa shape index (κ3) is 5.36. The molecule has 1 atom stereocenters. The summed E-state index contributed by atoms with van der Waals surface area (Å²) in [6.07, 6.45) is 6.16. The predicted octanol–water partition coefficient (Wildman–Crippen LogP) is 1.92. The van der Waals surface area contributed by atoms with Crippen LogP contribution in [0.15, 0.2) is 0 Å². The highest BCUT2D eigenvalue weighted by molar-refractivity contribution is 5.76. The smallest absolute Gasteiger partial charge is 0.222 e. The van der Waals surface area contributed by atoms with Crippen molar-refractivity contribution in [1.82, 2.24) is 4.90 Å². The zero-order valence-electron chi connectivity index (χ0n) is 11.9. The molecule has 4 heteroatoms. The lowest BCUT2D eigenvalue weighted by Gasteiger charge is -2.28. The lowest BCUT2D eigenvalue weighted by molar-refractivity contribution is -0.134. The molecule has 1 unspecified atom stereocenters. The monoisotopic (exact) mass is 256 g/mol. The first-order valence-electron chi connectivity index (χ1n) is 7.26. The van der Waals surface area contributed by atoms with Gasteiger partial charge in [-0.3, -0.25) is 4.79 Å². The molecule has 0 bridgehead atoms. The van der Waals surface area contributed by atoms with Gasteiger partial charge in [-0.25, -0.2) is 0 Å². The SMILES string of the molecule is CC(C)N(CCCN)C(=O)CCC1CCCCO1. The van der Waals surface area contributed by atoms with E-state index in [2.05, 4.69) is 13.8 Å². The van der Waals surface area contributed by atoms with Gasteiger partial charge in [-0.1, -0.05) is 0 Å². The fraction of sp³-hybridized carbons (Fsp3) is 0.929. The molecule has 1 aliphatic heterocycles. The van der Waals surface area contributed by atoms with E-state index < -0.39 is 0 Å². The van der Waals surface area contributed by atoms with Gasteiger partial charge in [0.2, 0.25) is 5.91 Å². The minimum atomic E-state index is 0.243. The second kappa shape index (κ2) is 8.48. The van der Waals surface area contributed by atoms with Crippen LogP contribution in [0.25, 0.3) is 0 Å². The molecule has 4 nitrogen and oxygen atoms in total. The van der Waals surface area contributed by atoms with Gasteiger partial charge in [0.05, 0.1) is 6.10 Å². The minimum Gasteiger partial charge on any atom is -0.378 e. The standard InChI is InChI=1S/C14H28N2O2/c1-12(2)16(10-5-9-15)14(17)8-7-13-6-3-4-11-18-13/h12-13H,3-11,15H2,1-2H3. The lowest BCUT2D eigenvalue weighted by Crippen LogP contribution is -2.38. The molecule has 0 spiro atoms. The van der Waals surface area contributed by atoms with E-state index in [1.165, 1.54) is 12.8 Å². The van der Waals surface area contributed by atoms with Gasteiger partial charge in [-0.05, 0) is 52.5 Å². The Bertz CT molecular complexity index is 238. The van der Waals surface area contributed by atoms with Gasteiger partial charge in [0.1, 0.15) is 0 Å². The van der Waals surface area contributed by atoms with Gasteiger partial charge in [0, 0.05) is 25.6 Å². The third-order valence-corrected chi connectivity index (χ3v) is 3.50. The highest BCUT2D eigenvalue weighted by Gasteiger charge is 2.19. The molecule has 0 aromatic rings. The van der Waals surface area contributed by atoms with Crippen LogP contribution in [-0.4, -0.2) is 42.6 Å². The van der Waals surface area contributed by atoms with E-state index in [9.17, 15) is 4.79 Å². The maximum atomic E-state index is 12.2. The Morgan fingerprint density at radius 3 is 2.78 bits per heavy atom. The molecule has 2 N–H and O–H groups in total. The Morgan fingerprint density at radius 2 is 2.22 bits per heavy atom. The molecular weight excluding hydrogens is 228 g/mol. The van der Waals surface area contributed by atoms with Crippen LogP contribution in [0.2, 0.25) is 0 Å². The van der Waals surface area contributed by atoms with E-state index >= 15 is 0 Å². The molecule has 1 amide bonds. The molecule has 0 aromatic heterocycles. The van der Waals surface area contributed by atoms with Gasteiger partial charge in [-0.15, -0.1) is 0 Å². The van der Waals surface area contributed by atoms with Crippen molar-refractivity contribution < 1.29 is 9.53 Å². The van der Waals surface area contributed by atoms with Crippen LogP contribution < -0.4 is 5.73 Å². The average molecular weight is 256 g/mol. The predicted molar refractivity (Wildman–Crippen MR) is 73.3 cm³/mol. The number of carbonyl (C=O) groups excluding carboxylic acids is 1. The van der Waals surface area contributed by atoms with Crippen LogP contribution >= 0.6 is 0 Å². The number of nitrogens with zero attached hydrogens (tertiary/aromatic N) is 1. The molecule has 0 saturated carbocycles. The van der Waals surface area contributed by atoms with Crippen molar-refractivity contribution in [2.45, 2.75) is 64.5 Å². The Balaban J connectivity index is 2.31. The quantitative estimate of drug-likeness (QED) is 0.757. The summed E-state index contributed by atoms with van der Waals surface area (Å²) in [5, 5.41) is 0. The lowest BCUT2D eigenvalue weighted by atomic mass is 10.0. The second-order valence-corrected chi connectivity index (χ2v) is 5.35. The molecule has 1 saturated heterocycles. The van der Waals surface area contributed by atoms with Crippen molar-refractivity contribution >= 4 is 5.91 Å². The number of ether oxygens (including phenoxy) is 1. The van der Waals surface area contributed by atoms with Crippen LogP contribution in [0.1, 0.15) is 52.4 Å². The number of rotatable bonds is 7. The van der Waals surface area contributed by atoms with E-state index in [0.717, 1.165) is 32.4 Å². The first-order chi connectivity index (χ1) is 8.65. The topological polar surface area (TPSA) is 55.6 Å². The zero-order chi connectivity index (χ0) is 13.4. The Kier molecular flexibility index (Phi) is 7.28. The number of carbonyl (C=O) groups is 1. The first kappa shape index (κ1) is 15.4. The largest absolute Gasteiger partial charge is 0.378 e. The van der Waals surface area contributed by atoms with Crippen molar-refractivity contribution in [3.05, 3.63) is 0 Å². The van der Waals surface area contributed by atoms with E-state index in [1.807, 2.05) is 4.90 Å². The van der Waals surface area contributed by atoms with E-state index in [4.69, 9.17) is 10.5 Å². The Labute approximate surface area is 111 Å². The molecule has 1 rings (SSSR count). The third-order valence-electron chi connectivity index (χ3n) is 3.50. The van der Waals surface area contributed by atoms with Crippen molar-refractivity contribution in [3.63, 3.8) is 0 Å². The number of hydrogen-bond donors (Lipinski definition) is 1. The van der Waals surface area contributed by atoms with E-state index in [-0.39, 0.29) is 11.9 Å². The molecular formula is C14H28N2O2. The fourth-order valence-electron chi connectivity index (χ4n) is 2.40. The van der Waals surface area contributed by atoms with Crippen molar-refractivity contribution in [1.29, 1.82) is 0 Å². The highest BCUT2D eigenvalue weighted by Crippen LogP contribution is 2.18. The van der Waals surface area contributed by atoms with Crippen LogP contribution in [-0.2, 0) is 9.53 Å². The van der Waals surface area contributed by atoms with Crippen molar-refractivity contribution in [2.75, 3.05) is 19.7 Å². The number of hydrogen-bond acceptors (Lipinski definition) is 3. The fourth-order valence-corrected chi connectivity index (χ4v) is 2.40. The van der Waals surface area contributed by atoms with E-state index in [0.29, 0.717) is 19.1 Å². The summed E-state index contributed by atoms with van der Waals surface area (Å²) >= 11 is 0. The van der Waals surface area contributed by atoms with Crippen LogP contribution in [0.4, 0.5) is 0 Å².